The van der Waals surface area contributed by atoms with Crippen LogP contribution in [0.3, 0.4) is 0 Å². The normalized spacial score (nSPS) is 25.1. The van der Waals surface area contributed by atoms with Gasteiger partial charge in [0, 0.05) is 25.6 Å². The van der Waals surface area contributed by atoms with Crippen molar-refractivity contribution in [1.82, 2.24) is 19.7 Å². The lowest BCUT2D eigenvalue weighted by Crippen LogP contribution is -2.34. The van der Waals surface area contributed by atoms with Crippen LogP contribution >= 0.6 is 0 Å². The number of furan rings is 1. The Morgan fingerprint density at radius 3 is 2.85 bits per heavy atom. The molecule has 3 fully saturated rings. The number of nitrogens with zero attached hydrogens (tertiary/aromatic N) is 4. The molecular weight excluding hydrogens is 328 g/mol. The minimum absolute atomic E-state index is 0.0828. The van der Waals surface area contributed by atoms with Crippen LogP contribution in [0.15, 0.2) is 29.3 Å². The molecule has 0 bridgehead atoms. The van der Waals surface area contributed by atoms with E-state index in [9.17, 15) is 4.79 Å². The first-order chi connectivity index (χ1) is 12.8. The van der Waals surface area contributed by atoms with Gasteiger partial charge in [-0.1, -0.05) is 19.3 Å². The van der Waals surface area contributed by atoms with Crippen molar-refractivity contribution in [2.45, 2.75) is 57.4 Å². The molecule has 1 unspecified atom stereocenters. The lowest BCUT2D eigenvalue weighted by atomic mass is 9.67. The van der Waals surface area contributed by atoms with Gasteiger partial charge in [-0.2, -0.15) is 0 Å². The predicted molar refractivity (Wildman–Crippen MR) is 95.6 cm³/mol. The maximum atomic E-state index is 12.9. The molecule has 1 amide bonds. The summed E-state index contributed by atoms with van der Waals surface area (Å²) in [4.78, 5) is 15.0. The van der Waals surface area contributed by atoms with E-state index in [0.717, 1.165) is 31.4 Å². The molecule has 2 aromatic heterocycles. The molecule has 1 aliphatic heterocycles. The lowest BCUT2D eigenvalue weighted by Gasteiger charge is -2.37. The van der Waals surface area contributed by atoms with E-state index in [-0.39, 0.29) is 11.3 Å². The quantitative estimate of drug-likeness (QED) is 0.843. The number of aromatic nitrogens is 3. The van der Waals surface area contributed by atoms with Crippen molar-refractivity contribution in [3.05, 3.63) is 36.3 Å². The average Bonchev–Trinajstić information content (AvgIpc) is 3.05. The molecule has 2 aliphatic carbocycles. The monoisotopic (exact) mass is 354 g/mol. The third-order valence-corrected chi connectivity index (χ3v) is 6.66. The summed E-state index contributed by atoms with van der Waals surface area (Å²) in [6.45, 7) is 2.61. The number of rotatable bonds is 4. The molecule has 0 aromatic carbocycles. The molecule has 2 saturated carbocycles. The van der Waals surface area contributed by atoms with E-state index in [1.54, 1.807) is 18.6 Å². The van der Waals surface area contributed by atoms with Crippen LogP contribution in [0.2, 0.25) is 0 Å². The Bertz CT molecular complexity index is 772. The maximum Gasteiger partial charge on any atom is 0.257 e. The van der Waals surface area contributed by atoms with Gasteiger partial charge in [-0.25, -0.2) is 0 Å². The van der Waals surface area contributed by atoms with Gasteiger partial charge in [-0.15, -0.1) is 10.2 Å². The number of carbonyl (C=O) groups is 1. The fraction of sp³-hybridized carbons (Fsp3) is 0.650. The van der Waals surface area contributed by atoms with Gasteiger partial charge in [0.05, 0.1) is 11.8 Å². The van der Waals surface area contributed by atoms with Crippen LogP contribution in [0, 0.1) is 11.3 Å². The molecular formula is C20H26N4O2. The summed E-state index contributed by atoms with van der Waals surface area (Å²) in [5, 5.41) is 8.78. The average molecular weight is 354 g/mol. The molecule has 6 heteroatoms. The molecule has 5 rings (SSSR count). The van der Waals surface area contributed by atoms with Crippen molar-refractivity contribution in [2.75, 3.05) is 13.1 Å². The van der Waals surface area contributed by atoms with Gasteiger partial charge in [0.25, 0.3) is 5.91 Å². The van der Waals surface area contributed by atoms with Gasteiger partial charge in [0.1, 0.15) is 18.4 Å². The summed E-state index contributed by atoms with van der Waals surface area (Å²) in [7, 11) is 0. The van der Waals surface area contributed by atoms with Crippen LogP contribution < -0.4 is 0 Å². The van der Waals surface area contributed by atoms with Gasteiger partial charge in [-0.3, -0.25) is 4.79 Å². The number of hydrogen-bond acceptors (Lipinski definition) is 4. The molecule has 3 aliphatic rings. The number of amides is 1. The number of likely N-dealkylation sites (tertiary alicyclic amines) is 1. The second kappa shape index (κ2) is 6.25. The smallest absolute Gasteiger partial charge is 0.257 e. The van der Waals surface area contributed by atoms with Gasteiger partial charge >= 0.3 is 0 Å². The Balaban J connectivity index is 1.46. The molecule has 2 aromatic rings. The highest BCUT2D eigenvalue weighted by Crippen LogP contribution is 2.52. The van der Waals surface area contributed by atoms with Gasteiger partial charge < -0.3 is 13.9 Å². The summed E-state index contributed by atoms with van der Waals surface area (Å²) in [6, 6.07) is 1.76. The summed E-state index contributed by atoms with van der Waals surface area (Å²) < 4.78 is 7.40. The van der Waals surface area contributed by atoms with Crippen molar-refractivity contribution in [1.29, 1.82) is 0 Å². The standard InChI is InChI=1S/C20H26N4O2/c25-19(16-6-9-26-12-16)23-11-17(20(13-23)7-2-1-3-8-20)18-22-21-14-24(18)10-15-4-5-15/h6,9,12,14-15,17H,1-5,7-8,10-11,13H2. The fourth-order valence-electron chi connectivity index (χ4n) is 5.06. The van der Waals surface area contributed by atoms with Crippen LogP contribution in [0.25, 0.3) is 0 Å². The summed E-state index contributed by atoms with van der Waals surface area (Å²) in [6.07, 6.45) is 13.8. The summed E-state index contributed by atoms with van der Waals surface area (Å²) >= 11 is 0. The van der Waals surface area contributed by atoms with E-state index < -0.39 is 0 Å². The molecule has 138 valence electrons. The topological polar surface area (TPSA) is 64.2 Å². The van der Waals surface area contributed by atoms with Crippen LogP contribution in [0.1, 0.15) is 67.0 Å². The van der Waals surface area contributed by atoms with E-state index in [0.29, 0.717) is 11.5 Å². The maximum absolute atomic E-state index is 12.9. The number of hydrogen-bond donors (Lipinski definition) is 0. The molecule has 0 radical (unpaired) electrons. The van der Waals surface area contributed by atoms with E-state index in [4.69, 9.17) is 4.42 Å². The highest BCUT2D eigenvalue weighted by atomic mass is 16.3. The Hall–Kier alpha value is -2.11. The molecule has 26 heavy (non-hydrogen) atoms. The van der Waals surface area contributed by atoms with Crippen LogP contribution in [-0.2, 0) is 6.54 Å². The second-order valence-electron chi connectivity index (χ2n) is 8.46. The van der Waals surface area contributed by atoms with Gasteiger partial charge in [0.15, 0.2) is 0 Å². The summed E-state index contributed by atoms with van der Waals surface area (Å²) in [5.41, 5.74) is 0.808. The van der Waals surface area contributed by atoms with Crippen molar-refractivity contribution < 1.29 is 9.21 Å². The third-order valence-electron chi connectivity index (χ3n) is 6.66. The molecule has 6 nitrogen and oxygen atoms in total. The zero-order valence-corrected chi connectivity index (χ0v) is 15.1. The first kappa shape index (κ1) is 16.1. The van der Waals surface area contributed by atoms with E-state index in [1.165, 1.54) is 44.9 Å². The van der Waals surface area contributed by atoms with Crippen molar-refractivity contribution in [3.8, 4) is 0 Å². The highest BCUT2D eigenvalue weighted by Gasteiger charge is 2.50. The SMILES string of the molecule is O=C(c1ccoc1)N1CC(c2nncn2CC2CC2)C2(CCCCC2)C1. The first-order valence-electron chi connectivity index (χ1n) is 9.94. The van der Waals surface area contributed by atoms with E-state index >= 15 is 0 Å². The Morgan fingerprint density at radius 2 is 2.12 bits per heavy atom. The predicted octanol–water partition coefficient (Wildman–Crippen LogP) is 3.47. The Morgan fingerprint density at radius 1 is 1.27 bits per heavy atom. The van der Waals surface area contributed by atoms with Crippen molar-refractivity contribution in [2.24, 2.45) is 11.3 Å². The summed E-state index contributed by atoms with van der Waals surface area (Å²) in [5.74, 6) is 2.26. The molecule has 1 saturated heterocycles. The highest BCUT2D eigenvalue weighted by molar-refractivity contribution is 5.94. The lowest BCUT2D eigenvalue weighted by molar-refractivity contribution is 0.0757. The van der Waals surface area contributed by atoms with Crippen molar-refractivity contribution in [3.63, 3.8) is 0 Å². The molecule has 3 heterocycles. The van der Waals surface area contributed by atoms with Crippen molar-refractivity contribution >= 4 is 5.91 Å². The third kappa shape index (κ3) is 2.75. The van der Waals surface area contributed by atoms with Crippen LogP contribution in [0.5, 0.6) is 0 Å². The number of carbonyl (C=O) groups excluding carboxylic acids is 1. The van der Waals surface area contributed by atoms with Crippen LogP contribution in [0.4, 0.5) is 0 Å². The molecule has 1 atom stereocenters. The largest absolute Gasteiger partial charge is 0.472 e. The Kier molecular flexibility index (Phi) is 3.87. The fourth-order valence-corrected chi connectivity index (χ4v) is 5.06. The first-order valence-corrected chi connectivity index (χ1v) is 9.94. The van der Waals surface area contributed by atoms with E-state index in [1.807, 2.05) is 11.2 Å². The zero-order valence-electron chi connectivity index (χ0n) is 15.1. The second-order valence-corrected chi connectivity index (χ2v) is 8.46. The minimum Gasteiger partial charge on any atom is -0.472 e. The Labute approximate surface area is 153 Å². The van der Waals surface area contributed by atoms with Crippen LogP contribution in [-0.4, -0.2) is 38.7 Å². The zero-order chi connectivity index (χ0) is 17.6. The van der Waals surface area contributed by atoms with Gasteiger partial charge in [0.2, 0.25) is 0 Å². The molecule has 0 N–H and O–H groups in total. The minimum atomic E-state index is 0.0828. The van der Waals surface area contributed by atoms with Gasteiger partial charge in [-0.05, 0) is 43.1 Å². The molecule has 1 spiro atoms. The van der Waals surface area contributed by atoms with E-state index in [2.05, 4.69) is 14.8 Å².